The van der Waals surface area contributed by atoms with Gasteiger partial charge in [0.1, 0.15) is 6.04 Å². The van der Waals surface area contributed by atoms with Crippen LogP contribution in [-0.4, -0.2) is 34.9 Å². The topological polar surface area (TPSA) is 96.5 Å². The first-order chi connectivity index (χ1) is 10.1. The fourth-order valence-corrected chi connectivity index (χ4v) is 2.43. The van der Waals surface area contributed by atoms with Crippen molar-refractivity contribution in [3.63, 3.8) is 0 Å². The Balaban J connectivity index is 2.43. The molecule has 110 valence electrons. The molecule has 1 amide bonds. The summed E-state index contributed by atoms with van der Waals surface area (Å²) in [6, 6.07) is 5.85. The van der Waals surface area contributed by atoms with Gasteiger partial charge in [-0.15, -0.1) is 0 Å². The molecule has 7 heteroatoms. The molecule has 7 nitrogen and oxygen atoms in total. The molecule has 0 bridgehead atoms. The van der Waals surface area contributed by atoms with Crippen molar-refractivity contribution in [1.29, 1.82) is 5.26 Å². The minimum Gasteiger partial charge on any atom is -0.487 e. The number of hydrogen-bond acceptors (Lipinski definition) is 5. The van der Waals surface area contributed by atoms with E-state index in [1.54, 1.807) is 6.92 Å². The predicted octanol–water partition coefficient (Wildman–Crippen LogP) is 2.12. The van der Waals surface area contributed by atoms with Gasteiger partial charge >= 0.3 is 5.69 Å². The van der Waals surface area contributed by atoms with Crippen LogP contribution in [-0.2, 0) is 0 Å². The quantitative estimate of drug-likeness (QED) is 0.624. The lowest BCUT2D eigenvalue weighted by atomic mass is 10.1. The predicted molar refractivity (Wildman–Crippen MR) is 73.9 cm³/mol. The van der Waals surface area contributed by atoms with E-state index in [0.29, 0.717) is 13.0 Å². The summed E-state index contributed by atoms with van der Waals surface area (Å²) < 4.78 is 5.31. The number of carbonyl (C=O) groups excluding carboxylic acids is 1. The van der Waals surface area contributed by atoms with E-state index >= 15 is 0 Å². The lowest BCUT2D eigenvalue weighted by Gasteiger charge is -2.20. The van der Waals surface area contributed by atoms with Crippen LogP contribution in [0.25, 0.3) is 0 Å². The SMILES string of the molecule is CCOc1c(C(=O)N2CCCC2C#N)cccc1[N+](=O)[O-]. The largest absolute Gasteiger partial charge is 0.487 e. The van der Waals surface area contributed by atoms with Crippen LogP contribution in [0.4, 0.5) is 5.69 Å². The van der Waals surface area contributed by atoms with Gasteiger partial charge in [0, 0.05) is 12.6 Å². The highest BCUT2D eigenvalue weighted by Crippen LogP contribution is 2.33. The molecule has 2 rings (SSSR count). The van der Waals surface area contributed by atoms with Crippen molar-refractivity contribution in [3.05, 3.63) is 33.9 Å². The van der Waals surface area contributed by atoms with E-state index in [4.69, 9.17) is 10.00 Å². The number of benzene rings is 1. The molecular formula is C14H15N3O4. The lowest BCUT2D eigenvalue weighted by Crippen LogP contribution is -2.34. The van der Waals surface area contributed by atoms with Crippen molar-refractivity contribution < 1.29 is 14.5 Å². The number of nitriles is 1. The highest BCUT2D eigenvalue weighted by Gasteiger charge is 2.32. The Morgan fingerprint density at radius 1 is 1.62 bits per heavy atom. The third-order valence-electron chi connectivity index (χ3n) is 3.37. The van der Waals surface area contributed by atoms with Crippen LogP contribution in [0.15, 0.2) is 18.2 Å². The molecule has 0 radical (unpaired) electrons. The van der Waals surface area contributed by atoms with Gasteiger partial charge < -0.3 is 9.64 Å². The summed E-state index contributed by atoms with van der Waals surface area (Å²) in [6.45, 7) is 2.39. The summed E-state index contributed by atoms with van der Waals surface area (Å²) in [4.78, 5) is 24.5. The maximum Gasteiger partial charge on any atom is 0.311 e. The van der Waals surface area contributed by atoms with Gasteiger partial charge in [-0.2, -0.15) is 5.26 Å². The molecule has 0 aliphatic carbocycles. The van der Waals surface area contributed by atoms with Crippen molar-refractivity contribution >= 4 is 11.6 Å². The number of nitrogens with zero attached hydrogens (tertiary/aromatic N) is 3. The van der Waals surface area contributed by atoms with E-state index < -0.39 is 16.9 Å². The molecule has 1 fully saturated rings. The Labute approximate surface area is 121 Å². The Morgan fingerprint density at radius 3 is 3.00 bits per heavy atom. The van der Waals surface area contributed by atoms with Gasteiger partial charge in [0.15, 0.2) is 0 Å². The maximum absolute atomic E-state index is 12.6. The fourth-order valence-electron chi connectivity index (χ4n) is 2.43. The van der Waals surface area contributed by atoms with Crippen LogP contribution in [0.3, 0.4) is 0 Å². The zero-order chi connectivity index (χ0) is 15.4. The molecule has 21 heavy (non-hydrogen) atoms. The lowest BCUT2D eigenvalue weighted by molar-refractivity contribution is -0.385. The minimum absolute atomic E-state index is 0.0291. The average Bonchev–Trinajstić information content (AvgIpc) is 2.95. The first-order valence-corrected chi connectivity index (χ1v) is 6.71. The van der Waals surface area contributed by atoms with E-state index in [9.17, 15) is 14.9 Å². The molecule has 1 aromatic rings. The summed E-state index contributed by atoms with van der Waals surface area (Å²) >= 11 is 0. The summed E-state index contributed by atoms with van der Waals surface area (Å²) in [5, 5.41) is 20.1. The number of ether oxygens (including phenoxy) is 1. The van der Waals surface area contributed by atoms with Crippen LogP contribution >= 0.6 is 0 Å². The summed E-state index contributed by atoms with van der Waals surface area (Å²) in [7, 11) is 0. The van der Waals surface area contributed by atoms with Crippen molar-refractivity contribution in [1.82, 2.24) is 4.90 Å². The standard InChI is InChI=1S/C14H15N3O4/c1-2-21-13-11(6-3-7-12(13)17(19)20)14(18)16-8-4-5-10(16)9-15/h3,6-7,10H,2,4-5,8H2,1H3. The second-order valence-corrected chi connectivity index (χ2v) is 4.63. The van der Waals surface area contributed by atoms with Gasteiger partial charge in [-0.05, 0) is 25.8 Å². The molecule has 1 unspecified atom stereocenters. The zero-order valence-electron chi connectivity index (χ0n) is 11.6. The van der Waals surface area contributed by atoms with Crippen LogP contribution in [0.2, 0.25) is 0 Å². The van der Waals surface area contributed by atoms with Crippen molar-refractivity contribution in [2.24, 2.45) is 0 Å². The monoisotopic (exact) mass is 289 g/mol. The Hall–Kier alpha value is -2.62. The normalized spacial score (nSPS) is 17.3. The van der Waals surface area contributed by atoms with Gasteiger partial charge in [0.2, 0.25) is 5.75 Å². The molecule has 1 aliphatic heterocycles. The van der Waals surface area contributed by atoms with E-state index in [0.717, 1.165) is 6.42 Å². The van der Waals surface area contributed by atoms with Gasteiger partial charge in [0.05, 0.1) is 23.2 Å². The van der Waals surface area contributed by atoms with Gasteiger partial charge in [-0.3, -0.25) is 14.9 Å². The fraction of sp³-hybridized carbons (Fsp3) is 0.429. The number of carbonyl (C=O) groups is 1. The Morgan fingerprint density at radius 2 is 2.38 bits per heavy atom. The van der Waals surface area contributed by atoms with Crippen LogP contribution < -0.4 is 4.74 Å². The van der Waals surface area contributed by atoms with Crippen molar-refractivity contribution in [2.45, 2.75) is 25.8 Å². The number of hydrogen-bond donors (Lipinski definition) is 0. The van der Waals surface area contributed by atoms with Gasteiger partial charge in [-0.1, -0.05) is 6.07 Å². The third kappa shape index (κ3) is 2.79. The van der Waals surface area contributed by atoms with Crippen LogP contribution in [0, 0.1) is 21.4 Å². The molecular weight excluding hydrogens is 274 g/mol. The molecule has 0 N–H and O–H groups in total. The molecule has 1 saturated heterocycles. The summed E-state index contributed by atoms with van der Waals surface area (Å²) in [5.74, 6) is -0.426. The number of para-hydroxylation sites is 1. The number of rotatable bonds is 4. The second-order valence-electron chi connectivity index (χ2n) is 4.63. The van der Waals surface area contributed by atoms with Gasteiger partial charge in [0.25, 0.3) is 5.91 Å². The smallest absolute Gasteiger partial charge is 0.311 e. The van der Waals surface area contributed by atoms with E-state index in [2.05, 4.69) is 6.07 Å². The molecule has 1 heterocycles. The average molecular weight is 289 g/mol. The second kappa shape index (κ2) is 6.22. The van der Waals surface area contributed by atoms with E-state index in [1.165, 1.54) is 23.1 Å². The maximum atomic E-state index is 12.6. The summed E-state index contributed by atoms with van der Waals surface area (Å²) in [6.07, 6.45) is 1.38. The molecule has 0 spiro atoms. The van der Waals surface area contributed by atoms with Gasteiger partial charge in [-0.25, -0.2) is 0 Å². The molecule has 1 aliphatic rings. The molecule has 1 aromatic carbocycles. The highest BCUT2D eigenvalue weighted by molar-refractivity contribution is 5.98. The minimum atomic E-state index is -0.576. The first kappa shape index (κ1) is 14.8. The van der Waals surface area contributed by atoms with Crippen LogP contribution in [0.1, 0.15) is 30.1 Å². The molecule has 1 atom stereocenters. The number of nitro benzene ring substituents is 1. The zero-order valence-corrected chi connectivity index (χ0v) is 11.6. The Bertz CT molecular complexity index is 609. The van der Waals surface area contributed by atoms with E-state index in [1.807, 2.05) is 0 Å². The first-order valence-electron chi connectivity index (χ1n) is 6.71. The summed E-state index contributed by atoms with van der Waals surface area (Å²) in [5.41, 5.74) is -0.108. The van der Waals surface area contributed by atoms with Crippen molar-refractivity contribution in [3.8, 4) is 11.8 Å². The highest BCUT2D eigenvalue weighted by atomic mass is 16.6. The number of likely N-dealkylation sites (tertiary alicyclic amines) is 1. The van der Waals surface area contributed by atoms with Crippen molar-refractivity contribution in [2.75, 3.05) is 13.2 Å². The Kier molecular flexibility index (Phi) is 4.38. The molecule has 0 saturated carbocycles. The van der Waals surface area contributed by atoms with Crippen LogP contribution in [0.5, 0.6) is 5.75 Å². The molecule has 0 aromatic heterocycles. The van der Waals surface area contributed by atoms with E-state index in [-0.39, 0.29) is 23.6 Å². The number of nitro groups is 1. The third-order valence-corrected chi connectivity index (χ3v) is 3.37. The number of amides is 1.